The predicted octanol–water partition coefficient (Wildman–Crippen LogP) is 3.37. The van der Waals surface area contributed by atoms with Crippen LogP contribution >= 0.6 is 23.4 Å². The maximum absolute atomic E-state index is 13.1. The Hall–Kier alpha value is -1.53. The van der Waals surface area contributed by atoms with Gasteiger partial charge in [-0.25, -0.2) is 9.37 Å². The Bertz CT molecular complexity index is 582. The second-order valence-corrected chi connectivity index (χ2v) is 4.48. The van der Waals surface area contributed by atoms with Gasteiger partial charge in [0.1, 0.15) is 11.6 Å². The summed E-state index contributed by atoms with van der Waals surface area (Å²) < 4.78 is 18.5. The van der Waals surface area contributed by atoms with Gasteiger partial charge in [0.15, 0.2) is 10.9 Å². The summed E-state index contributed by atoms with van der Waals surface area (Å²) in [4.78, 5) is 8.06. The summed E-state index contributed by atoms with van der Waals surface area (Å²) in [5.74, 6) is 0.236. The van der Waals surface area contributed by atoms with Crippen molar-refractivity contribution in [2.75, 3.05) is 12.0 Å². The fraction of sp³-hybridized carbons (Fsp3) is 0.0909. The Balaban J connectivity index is 2.33. The molecule has 0 aliphatic carbocycles. The minimum absolute atomic E-state index is 0.182. The average molecular weight is 286 g/mol. The van der Waals surface area contributed by atoms with E-state index in [0.29, 0.717) is 10.2 Å². The highest BCUT2D eigenvalue weighted by Gasteiger charge is 2.08. The van der Waals surface area contributed by atoms with E-state index in [0.717, 1.165) is 0 Å². The van der Waals surface area contributed by atoms with Gasteiger partial charge in [0.25, 0.3) is 0 Å². The second kappa shape index (κ2) is 5.41. The van der Waals surface area contributed by atoms with Gasteiger partial charge < -0.3 is 10.5 Å². The zero-order chi connectivity index (χ0) is 13.1. The van der Waals surface area contributed by atoms with Crippen molar-refractivity contribution in [3.63, 3.8) is 0 Å². The lowest BCUT2D eigenvalue weighted by Crippen LogP contribution is -1.97. The van der Waals surface area contributed by atoms with Crippen molar-refractivity contribution in [2.45, 2.75) is 5.16 Å². The lowest BCUT2D eigenvalue weighted by molar-refractivity contribution is 0.452. The van der Waals surface area contributed by atoms with Crippen molar-refractivity contribution in [1.82, 2.24) is 9.97 Å². The molecule has 94 valence electrons. The number of halogens is 2. The summed E-state index contributed by atoms with van der Waals surface area (Å²) >= 11 is 7.21. The van der Waals surface area contributed by atoms with E-state index < -0.39 is 5.82 Å². The Morgan fingerprint density at radius 3 is 2.83 bits per heavy atom. The van der Waals surface area contributed by atoms with E-state index in [4.69, 9.17) is 22.1 Å². The largest absolute Gasteiger partial charge is 0.437 e. The van der Waals surface area contributed by atoms with Crippen molar-refractivity contribution in [1.29, 1.82) is 0 Å². The maximum Gasteiger partial charge on any atom is 0.225 e. The van der Waals surface area contributed by atoms with E-state index in [9.17, 15) is 4.39 Å². The number of thioether (sulfide) groups is 1. The number of hydrogen-bond donors (Lipinski definition) is 1. The lowest BCUT2D eigenvalue weighted by atomic mass is 10.3. The van der Waals surface area contributed by atoms with Crippen LogP contribution in [0.1, 0.15) is 0 Å². The number of nitrogens with zero attached hydrogens (tertiary/aromatic N) is 2. The van der Waals surface area contributed by atoms with Gasteiger partial charge in [-0.15, -0.1) is 0 Å². The lowest BCUT2D eigenvalue weighted by Gasteiger charge is -2.08. The molecule has 0 bridgehead atoms. The molecule has 0 saturated carbocycles. The second-order valence-electron chi connectivity index (χ2n) is 3.29. The summed E-state index contributed by atoms with van der Waals surface area (Å²) in [5, 5.41) is 0.761. The zero-order valence-corrected chi connectivity index (χ0v) is 10.9. The SMILES string of the molecule is CSc1nc(N)cc(Oc2cc(F)ccc2Cl)n1. The number of nitrogen functional groups attached to an aromatic ring is 1. The van der Waals surface area contributed by atoms with Crippen LogP contribution in [0.3, 0.4) is 0 Å². The standard InChI is InChI=1S/C11H9ClFN3OS/c1-18-11-15-9(14)5-10(16-11)17-8-4-6(13)2-3-7(8)12/h2-5H,1H3,(H2,14,15,16). The summed E-state index contributed by atoms with van der Waals surface area (Å²) in [5.41, 5.74) is 5.61. The summed E-state index contributed by atoms with van der Waals surface area (Å²) in [6.45, 7) is 0. The third-order valence-corrected chi connectivity index (χ3v) is 2.85. The van der Waals surface area contributed by atoms with E-state index in [1.54, 1.807) is 0 Å². The van der Waals surface area contributed by atoms with Gasteiger partial charge in [-0.1, -0.05) is 23.4 Å². The van der Waals surface area contributed by atoms with Crippen LogP contribution in [-0.4, -0.2) is 16.2 Å². The van der Waals surface area contributed by atoms with Gasteiger partial charge in [-0.3, -0.25) is 0 Å². The van der Waals surface area contributed by atoms with Gasteiger partial charge in [-0.2, -0.15) is 4.98 Å². The zero-order valence-electron chi connectivity index (χ0n) is 9.35. The minimum Gasteiger partial charge on any atom is -0.437 e. The van der Waals surface area contributed by atoms with Crippen molar-refractivity contribution in [3.8, 4) is 11.6 Å². The Morgan fingerprint density at radius 2 is 2.11 bits per heavy atom. The van der Waals surface area contributed by atoms with Crippen molar-refractivity contribution in [2.24, 2.45) is 0 Å². The molecule has 0 spiro atoms. The number of benzene rings is 1. The molecule has 7 heteroatoms. The fourth-order valence-electron chi connectivity index (χ4n) is 1.23. The number of rotatable bonds is 3. The van der Waals surface area contributed by atoms with E-state index in [2.05, 4.69) is 9.97 Å². The molecule has 4 nitrogen and oxygen atoms in total. The number of nitrogens with two attached hydrogens (primary N) is 1. The molecule has 2 aromatic rings. The normalized spacial score (nSPS) is 10.4. The van der Waals surface area contributed by atoms with Crippen LogP contribution in [0.4, 0.5) is 10.2 Å². The number of ether oxygens (including phenoxy) is 1. The smallest absolute Gasteiger partial charge is 0.225 e. The maximum atomic E-state index is 13.1. The van der Waals surface area contributed by atoms with E-state index in [-0.39, 0.29) is 17.4 Å². The van der Waals surface area contributed by atoms with Crippen LogP contribution in [0.25, 0.3) is 0 Å². The fourth-order valence-corrected chi connectivity index (χ4v) is 1.77. The molecule has 2 N–H and O–H groups in total. The van der Waals surface area contributed by atoms with Crippen LogP contribution < -0.4 is 10.5 Å². The monoisotopic (exact) mass is 285 g/mol. The number of aromatic nitrogens is 2. The molecule has 0 aliphatic heterocycles. The topological polar surface area (TPSA) is 61.0 Å². The highest BCUT2D eigenvalue weighted by Crippen LogP contribution is 2.30. The first kappa shape index (κ1) is 12.9. The van der Waals surface area contributed by atoms with Crippen molar-refractivity contribution in [3.05, 3.63) is 35.1 Å². The molecule has 0 atom stereocenters. The molecule has 1 aromatic heterocycles. The van der Waals surface area contributed by atoms with Gasteiger partial charge in [-0.05, 0) is 18.4 Å². The minimum atomic E-state index is -0.443. The molecule has 1 heterocycles. The first-order valence-corrected chi connectivity index (χ1v) is 6.50. The molecule has 2 rings (SSSR count). The average Bonchev–Trinajstić information content (AvgIpc) is 2.33. The molecule has 1 aromatic carbocycles. The Morgan fingerprint density at radius 1 is 1.33 bits per heavy atom. The van der Waals surface area contributed by atoms with Gasteiger partial charge in [0.05, 0.1) is 5.02 Å². The summed E-state index contributed by atoms with van der Waals surface area (Å²) in [6.07, 6.45) is 1.81. The predicted molar refractivity (Wildman–Crippen MR) is 69.7 cm³/mol. The Labute approximate surface area is 112 Å². The molecule has 0 amide bonds. The quantitative estimate of drug-likeness (QED) is 0.692. The Kier molecular flexibility index (Phi) is 3.88. The molecule has 0 fully saturated rings. The molecule has 18 heavy (non-hydrogen) atoms. The highest BCUT2D eigenvalue weighted by molar-refractivity contribution is 7.98. The first-order valence-electron chi connectivity index (χ1n) is 4.90. The third kappa shape index (κ3) is 3.02. The molecule has 0 saturated heterocycles. The van der Waals surface area contributed by atoms with Gasteiger partial charge in [0.2, 0.25) is 5.88 Å². The van der Waals surface area contributed by atoms with Crippen molar-refractivity contribution < 1.29 is 9.13 Å². The van der Waals surface area contributed by atoms with E-state index >= 15 is 0 Å². The van der Waals surface area contributed by atoms with Gasteiger partial charge in [0, 0.05) is 12.1 Å². The number of hydrogen-bond acceptors (Lipinski definition) is 5. The van der Waals surface area contributed by atoms with E-state index in [1.165, 1.54) is 36.0 Å². The van der Waals surface area contributed by atoms with Crippen LogP contribution in [0.5, 0.6) is 11.6 Å². The molecule has 0 radical (unpaired) electrons. The third-order valence-electron chi connectivity index (χ3n) is 1.99. The highest BCUT2D eigenvalue weighted by atomic mass is 35.5. The van der Waals surface area contributed by atoms with Crippen molar-refractivity contribution >= 4 is 29.2 Å². The molecule has 0 aliphatic rings. The van der Waals surface area contributed by atoms with Crippen LogP contribution in [0.2, 0.25) is 5.02 Å². The molecule has 0 unspecified atom stereocenters. The number of anilines is 1. The van der Waals surface area contributed by atoms with Gasteiger partial charge >= 0.3 is 0 Å². The summed E-state index contributed by atoms with van der Waals surface area (Å²) in [7, 11) is 0. The molecular formula is C11H9ClFN3OS. The van der Waals surface area contributed by atoms with Crippen LogP contribution in [0, 0.1) is 5.82 Å². The van der Waals surface area contributed by atoms with E-state index in [1.807, 2.05) is 6.26 Å². The molecular weight excluding hydrogens is 277 g/mol. The van der Waals surface area contributed by atoms with Crippen LogP contribution in [0.15, 0.2) is 29.4 Å². The first-order chi connectivity index (χ1) is 8.58. The summed E-state index contributed by atoms with van der Waals surface area (Å²) in [6, 6.07) is 5.28. The van der Waals surface area contributed by atoms with Crippen LogP contribution in [-0.2, 0) is 0 Å².